The molecule has 142 valence electrons. The number of fused-ring (bicyclic) bond motifs is 3. The number of H-pyrrole nitrogens is 1. The van der Waals surface area contributed by atoms with E-state index in [2.05, 4.69) is 9.97 Å². The second-order valence-corrected chi connectivity index (χ2v) is 7.40. The van der Waals surface area contributed by atoms with Crippen molar-refractivity contribution >= 4 is 39.7 Å². The Hall–Kier alpha value is -3.13. The Labute approximate surface area is 163 Å². The number of carboxylic acid groups (broad SMARTS) is 1. The highest BCUT2D eigenvalue weighted by molar-refractivity contribution is 8.00. The van der Waals surface area contributed by atoms with Crippen LogP contribution < -0.4 is 5.56 Å². The lowest BCUT2D eigenvalue weighted by atomic mass is 10.2. The van der Waals surface area contributed by atoms with E-state index in [1.54, 1.807) is 13.0 Å². The molecule has 2 aromatic carbocycles. The first-order valence-electron chi connectivity index (χ1n) is 8.69. The van der Waals surface area contributed by atoms with Gasteiger partial charge >= 0.3 is 5.97 Å². The lowest BCUT2D eigenvalue weighted by molar-refractivity contribution is -0.136. The minimum atomic E-state index is -1.01. The normalized spacial score (nSPS) is 12.5. The summed E-state index contributed by atoms with van der Waals surface area (Å²) in [4.78, 5) is 32.4. The first-order chi connectivity index (χ1) is 13.5. The van der Waals surface area contributed by atoms with E-state index in [4.69, 9.17) is 0 Å². The van der Waals surface area contributed by atoms with Crippen LogP contribution in [-0.4, -0.2) is 30.9 Å². The van der Waals surface area contributed by atoms with Crippen molar-refractivity contribution in [1.29, 1.82) is 0 Å². The van der Waals surface area contributed by atoms with Gasteiger partial charge in [0.1, 0.15) is 22.1 Å². The summed E-state index contributed by atoms with van der Waals surface area (Å²) in [6.45, 7) is 1.74. The summed E-state index contributed by atoms with van der Waals surface area (Å²) in [7, 11) is 0. The molecule has 0 fully saturated rings. The molecule has 1 unspecified atom stereocenters. The molecule has 0 aliphatic heterocycles. The van der Waals surface area contributed by atoms with Gasteiger partial charge in [-0.05, 0) is 24.6 Å². The average Bonchev–Trinajstić information content (AvgIpc) is 3.06. The quantitative estimate of drug-likeness (QED) is 0.393. The molecule has 4 rings (SSSR count). The van der Waals surface area contributed by atoms with Crippen LogP contribution in [0.25, 0.3) is 27.6 Å². The third kappa shape index (κ3) is 2.95. The van der Waals surface area contributed by atoms with Crippen molar-refractivity contribution < 1.29 is 14.3 Å². The number of aromatic nitrogens is 3. The number of aromatic amines is 1. The first kappa shape index (κ1) is 18.2. The molecule has 0 bridgehead atoms. The van der Waals surface area contributed by atoms with E-state index in [0.29, 0.717) is 11.9 Å². The largest absolute Gasteiger partial charge is 0.480 e. The Balaban J connectivity index is 2.07. The van der Waals surface area contributed by atoms with Gasteiger partial charge in [-0.15, -0.1) is 0 Å². The fourth-order valence-electron chi connectivity index (χ4n) is 3.10. The summed E-state index contributed by atoms with van der Waals surface area (Å²) >= 11 is 0.940. The van der Waals surface area contributed by atoms with Crippen LogP contribution in [0.4, 0.5) is 4.39 Å². The molecule has 6 nitrogen and oxygen atoms in total. The van der Waals surface area contributed by atoms with Crippen LogP contribution >= 0.6 is 11.8 Å². The molecule has 0 saturated carbocycles. The van der Waals surface area contributed by atoms with Crippen molar-refractivity contribution in [2.45, 2.75) is 23.8 Å². The molecule has 1 atom stereocenters. The zero-order valence-electron chi connectivity index (χ0n) is 14.8. The smallest absolute Gasteiger partial charge is 0.317 e. The highest BCUT2D eigenvalue weighted by atomic mass is 32.2. The zero-order chi connectivity index (χ0) is 19.8. The molecule has 28 heavy (non-hydrogen) atoms. The Morgan fingerprint density at radius 1 is 1.25 bits per heavy atom. The van der Waals surface area contributed by atoms with E-state index in [1.807, 2.05) is 24.3 Å². The molecule has 2 N–H and O–H groups in total. The summed E-state index contributed by atoms with van der Waals surface area (Å²) in [5.74, 6) is -1.60. The van der Waals surface area contributed by atoms with Gasteiger partial charge in [0.05, 0.1) is 5.69 Å². The number of carboxylic acids is 1. The van der Waals surface area contributed by atoms with Gasteiger partial charge in [0.15, 0.2) is 5.16 Å². The second-order valence-electron chi connectivity index (χ2n) is 6.23. The minimum absolute atomic E-state index is 0.0308. The molecule has 0 spiro atoms. The number of thioether (sulfide) groups is 1. The third-order valence-electron chi connectivity index (χ3n) is 4.48. The molecule has 2 aromatic heterocycles. The lowest BCUT2D eigenvalue weighted by Gasteiger charge is -2.15. The second kappa shape index (κ2) is 7.12. The Kier molecular flexibility index (Phi) is 4.64. The summed E-state index contributed by atoms with van der Waals surface area (Å²) in [5, 5.41) is 9.53. The molecule has 0 aliphatic carbocycles. The average molecular weight is 397 g/mol. The predicted molar refractivity (Wildman–Crippen MR) is 107 cm³/mol. The molecular weight excluding hydrogens is 381 g/mol. The molecule has 0 amide bonds. The Bertz CT molecular complexity index is 1260. The summed E-state index contributed by atoms with van der Waals surface area (Å²) in [5.41, 5.74) is 0.972. The number of halogens is 1. The highest BCUT2D eigenvalue weighted by Gasteiger charge is 2.24. The number of carbonyl (C=O) groups is 1. The van der Waals surface area contributed by atoms with E-state index in [-0.39, 0.29) is 16.4 Å². The van der Waals surface area contributed by atoms with Gasteiger partial charge in [-0.2, -0.15) is 0 Å². The SMILES string of the molecule is CCC(Sc1nc2c([nH]c3ccccc32)c(=O)n1-c1ccccc1F)C(=O)O. The molecule has 0 radical (unpaired) electrons. The van der Waals surface area contributed by atoms with Gasteiger partial charge in [0.25, 0.3) is 5.56 Å². The van der Waals surface area contributed by atoms with Crippen LogP contribution in [0.1, 0.15) is 13.3 Å². The number of nitrogens with one attached hydrogen (secondary N) is 1. The number of hydrogen-bond donors (Lipinski definition) is 2. The maximum atomic E-state index is 14.5. The molecule has 4 aromatic rings. The van der Waals surface area contributed by atoms with Crippen molar-refractivity contribution in [3.05, 3.63) is 64.7 Å². The number of hydrogen-bond acceptors (Lipinski definition) is 4. The fraction of sp³-hybridized carbons (Fsp3) is 0.150. The van der Waals surface area contributed by atoms with Crippen molar-refractivity contribution in [3.63, 3.8) is 0 Å². The Morgan fingerprint density at radius 2 is 1.96 bits per heavy atom. The van der Waals surface area contributed by atoms with Crippen LogP contribution in [0.5, 0.6) is 0 Å². The maximum absolute atomic E-state index is 14.5. The monoisotopic (exact) mass is 397 g/mol. The van der Waals surface area contributed by atoms with Gasteiger partial charge in [0.2, 0.25) is 0 Å². The number of benzene rings is 2. The molecular formula is C20H16FN3O3S. The van der Waals surface area contributed by atoms with Gasteiger partial charge < -0.3 is 10.1 Å². The van der Waals surface area contributed by atoms with Crippen LogP contribution in [0.2, 0.25) is 0 Å². The predicted octanol–water partition coefficient (Wildman–Crippen LogP) is 3.96. The standard InChI is InChI=1S/C20H16FN3O3S/c1-2-15(19(26)27)28-20-23-16-11-7-3-5-9-13(11)22-17(16)18(25)24(20)14-10-6-4-8-12(14)21/h3-10,15,22H,2H2,1H3,(H,26,27). The van der Waals surface area contributed by atoms with E-state index >= 15 is 0 Å². The zero-order valence-corrected chi connectivity index (χ0v) is 15.7. The number of rotatable bonds is 5. The number of nitrogens with zero attached hydrogens (tertiary/aromatic N) is 2. The van der Waals surface area contributed by atoms with E-state index in [0.717, 1.165) is 27.2 Å². The molecule has 8 heteroatoms. The van der Waals surface area contributed by atoms with E-state index in [9.17, 15) is 19.1 Å². The molecule has 0 aliphatic rings. The van der Waals surface area contributed by atoms with Gasteiger partial charge in [-0.3, -0.25) is 14.2 Å². The van der Waals surface area contributed by atoms with E-state index < -0.39 is 22.6 Å². The van der Waals surface area contributed by atoms with Gasteiger partial charge in [-0.1, -0.05) is 49.0 Å². The summed E-state index contributed by atoms with van der Waals surface area (Å²) < 4.78 is 15.6. The topological polar surface area (TPSA) is 88.0 Å². The van der Waals surface area contributed by atoms with Crippen LogP contribution in [0.3, 0.4) is 0 Å². The fourth-order valence-corrected chi connectivity index (χ4v) is 4.06. The van der Waals surface area contributed by atoms with Crippen molar-refractivity contribution in [2.75, 3.05) is 0 Å². The van der Waals surface area contributed by atoms with E-state index in [1.165, 1.54) is 18.2 Å². The third-order valence-corrected chi connectivity index (χ3v) is 5.79. The summed E-state index contributed by atoms with van der Waals surface area (Å²) in [6, 6.07) is 13.2. The maximum Gasteiger partial charge on any atom is 0.317 e. The lowest BCUT2D eigenvalue weighted by Crippen LogP contribution is -2.25. The number of para-hydroxylation sites is 2. The van der Waals surface area contributed by atoms with Crippen LogP contribution in [0.15, 0.2) is 58.5 Å². The van der Waals surface area contributed by atoms with Crippen molar-refractivity contribution in [3.8, 4) is 5.69 Å². The van der Waals surface area contributed by atoms with Gasteiger partial charge in [0, 0.05) is 10.9 Å². The Morgan fingerprint density at radius 3 is 2.68 bits per heavy atom. The van der Waals surface area contributed by atoms with Crippen molar-refractivity contribution in [1.82, 2.24) is 14.5 Å². The molecule has 2 heterocycles. The van der Waals surface area contributed by atoms with Crippen LogP contribution in [-0.2, 0) is 4.79 Å². The number of aliphatic carboxylic acids is 1. The minimum Gasteiger partial charge on any atom is -0.480 e. The molecule has 0 saturated heterocycles. The first-order valence-corrected chi connectivity index (χ1v) is 9.57. The van der Waals surface area contributed by atoms with Crippen LogP contribution in [0, 0.1) is 5.82 Å². The van der Waals surface area contributed by atoms with Gasteiger partial charge in [-0.25, -0.2) is 9.37 Å². The summed E-state index contributed by atoms with van der Waals surface area (Å²) in [6.07, 6.45) is 0.332. The highest BCUT2D eigenvalue weighted by Crippen LogP contribution is 2.30. The van der Waals surface area contributed by atoms with Crippen molar-refractivity contribution in [2.24, 2.45) is 0 Å².